The van der Waals surface area contributed by atoms with Gasteiger partial charge in [0.2, 0.25) is 0 Å². The van der Waals surface area contributed by atoms with Crippen molar-refractivity contribution < 1.29 is 103 Å². The van der Waals surface area contributed by atoms with Gasteiger partial charge in [0.15, 0.2) is 34.5 Å². The maximum absolute atomic E-state index is 10.3. The first-order chi connectivity index (χ1) is 26.5. The molecule has 0 amide bonds. The fraction of sp³-hybridized carbons (Fsp3) is 0.588. The van der Waals surface area contributed by atoms with Crippen LogP contribution in [0, 0.1) is 0 Å². The molecule has 0 unspecified atom stereocenters. The lowest BCUT2D eigenvalue weighted by Gasteiger charge is -2.08. The van der Waals surface area contributed by atoms with Crippen LogP contribution in [0.15, 0.2) is 24.3 Å². The van der Waals surface area contributed by atoms with E-state index in [-0.39, 0.29) is 24.3 Å². The summed E-state index contributed by atoms with van der Waals surface area (Å²) in [5.41, 5.74) is -0.578. The van der Waals surface area contributed by atoms with Gasteiger partial charge in [-0.05, 0) is 24.3 Å². The molecule has 0 heterocycles. The van der Waals surface area contributed by atoms with E-state index in [9.17, 15) is 9.59 Å². The Balaban J connectivity index is 0.000000976. The van der Waals surface area contributed by atoms with Gasteiger partial charge in [-0.2, -0.15) is 0 Å². The Hall–Kier alpha value is -4.26. The normalized spacial score (nSPS) is 10.7. The van der Waals surface area contributed by atoms with E-state index in [2.05, 4.69) is 0 Å². The van der Waals surface area contributed by atoms with E-state index in [0.717, 1.165) is 24.3 Å². The number of aliphatic hydroxyl groups excluding tert-OH is 2. The minimum absolute atomic E-state index is 0.0278. The minimum Gasteiger partial charge on any atom is -0.504 e. The zero-order valence-corrected chi connectivity index (χ0v) is 30.4. The molecule has 0 aliphatic carbocycles. The van der Waals surface area contributed by atoms with Crippen LogP contribution in [0.5, 0.6) is 34.5 Å². The Morgan fingerprint density at radius 3 is 0.655 bits per heavy atom. The largest absolute Gasteiger partial charge is 0.504 e. The first kappa shape index (κ1) is 50.7. The Labute approximate surface area is 317 Å². The van der Waals surface area contributed by atoms with E-state index in [0.29, 0.717) is 119 Å². The second-order valence-corrected chi connectivity index (χ2v) is 10.3. The van der Waals surface area contributed by atoms with Crippen molar-refractivity contribution in [1.29, 1.82) is 0 Å². The van der Waals surface area contributed by atoms with Gasteiger partial charge in [-0.1, -0.05) is 0 Å². The van der Waals surface area contributed by atoms with Crippen LogP contribution in [0.4, 0.5) is 0 Å². The van der Waals surface area contributed by atoms with Gasteiger partial charge in [0.1, 0.15) is 0 Å². The Kier molecular flexibility index (Phi) is 31.6. The number of carbonyl (C=O) groups is 2. The van der Waals surface area contributed by atoms with Crippen molar-refractivity contribution in [3.8, 4) is 34.5 Å². The van der Waals surface area contributed by atoms with Crippen LogP contribution < -0.4 is 0 Å². The van der Waals surface area contributed by atoms with Crippen molar-refractivity contribution in [2.24, 2.45) is 0 Å². The fourth-order valence-corrected chi connectivity index (χ4v) is 3.45. The first-order valence-corrected chi connectivity index (χ1v) is 16.8. The van der Waals surface area contributed by atoms with Crippen LogP contribution in [0.1, 0.15) is 20.7 Å². The molecule has 21 heteroatoms. The second-order valence-electron chi connectivity index (χ2n) is 10.3. The highest BCUT2D eigenvalue weighted by molar-refractivity contribution is 5.89. The third-order valence-electron chi connectivity index (χ3n) is 6.08. The summed E-state index contributed by atoms with van der Waals surface area (Å²) in [7, 11) is 0. The average Bonchev–Trinajstić information content (AvgIpc) is 3.15. The smallest absolute Gasteiger partial charge is 0.335 e. The van der Waals surface area contributed by atoms with Crippen LogP contribution in [-0.4, -0.2) is 195 Å². The Bertz CT molecular complexity index is 1140. The zero-order valence-electron chi connectivity index (χ0n) is 30.4. The van der Waals surface area contributed by atoms with Crippen molar-refractivity contribution in [2.45, 2.75) is 0 Å². The van der Waals surface area contributed by atoms with Gasteiger partial charge in [-0.25, -0.2) is 9.59 Å². The van der Waals surface area contributed by atoms with Crippen LogP contribution in [0.2, 0.25) is 0 Å². The van der Waals surface area contributed by atoms with Crippen LogP contribution >= 0.6 is 0 Å². The maximum atomic E-state index is 10.3. The molecule has 0 bridgehead atoms. The molecule has 0 aliphatic rings. The molecule has 10 N–H and O–H groups in total. The number of rotatable bonds is 30. The molecule has 0 saturated carbocycles. The molecule has 0 spiro atoms. The summed E-state index contributed by atoms with van der Waals surface area (Å²) in [6.07, 6.45) is 0. The number of aliphatic hydroxyl groups is 2. The third kappa shape index (κ3) is 27.9. The number of carboxylic acid groups (broad SMARTS) is 2. The summed E-state index contributed by atoms with van der Waals surface area (Å²) < 4.78 is 47.7. The number of aromatic hydroxyl groups is 6. The van der Waals surface area contributed by atoms with E-state index < -0.39 is 46.4 Å². The highest BCUT2D eigenvalue weighted by Crippen LogP contribution is 2.36. The zero-order chi connectivity index (χ0) is 41.1. The predicted octanol–water partition coefficient (Wildman–Crippen LogP) is 0.124. The Morgan fingerprint density at radius 1 is 0.345 bits per heavy atom. The van der Waals surface area contributed by atoms with Crippen LogP contribution in [-0.2, 0) is 42.6 Å². The quantitative estimate of drug-likeness (QED) is 0.0371. The van der Waals surface area contributed by atoms with Gasteiger partial charge in [0, 0.05) is 0 Å². The third-order valence-corrected chi connectivity index (χ3v) is 6.08. The Morgan fingerprint density at radius 2 is 0.509 bits per heavy atom. The standard InChI is InChI=1S/C20H42O11.2C7H6O5/c21-1-3-23-5-7-25-9-11-27-13-15-29-17-19-31-20-18-30-16-14-28-12-10-26-8-6-24-4-2-22;2*8-4-1-3(7(11)12)2-5(9)6(4)10/h21-22H,1-20H2;2*1-2,8-10H,(H,11,12). The SMILES string of the molecule is O=C(O)c1cc(O)c(O)c(O)c1.O=C(O)c1cc(O)c(O)c(O)c1.OCCOCCOCCOCCOCCOCCOCCOCCOCCOCCO. The molecular weight excluding hydrogens is 744 g/mol. The molecule has 0 saturated heterocycles. The lowest BCUT2D eigenvalue weighted by Crippen LogP contribution is -2.15. The number of benzene rings is 2. The number of hydrogen-bond donors (Lipinski definition) is 10. The van der Waals surface area contributed by atoms with Gasteiger partial charge < -0.3 is 93.7 Å². The van der Waals surface area contributed by atoms with Crippen molar-refractivity contribution in [1.82, 2.24) is 0 Å². The predicted molar refractivity (Wildman–Crippen MR) is 188 cm³/mol. The van der Waals surface area contributed by atoms with Crippen LogP contribution in [0.25, 0.3) is 0 Å². The molecule has 0 aromatic heterocycles. The summed E-state index contributed by atoms with van der Waals surface area (Å²) >= 11 is 0. The molecule has 0 fully saturated rings. The minimum atomic E-state index is -1.29. The number of hydrogen-bond acceptors (Lipinski definition) is 19. The van der Waals surface area contributed by atoms with E-state index in [1.165, 1.54) is 0 Å². The average molecular weight is 799 g/mol. The fourth-order valence-electron chi connectivity index (χ4n) is 3.45. The number of ether oxygens (including phenoxy) is 9. The van der Waals surface area contributed by atoms with Gasteiger partial charge in [-0.15, -0.1) is 0 Å². The van der Waals surface area contributed by atoms with Gasteiger partial charge in [-0.3, -0.25) is 0 Å². The molecule has 2 aromatic carbocycles. The van der Waals surface area contributed by atoms with E-state index in [4.69, 9.17) is 93.7 Å². The highest BCUT2D eigenvalue weighted by atomic mass is 16.6. The van der Waals surface area contributed by atoms with Gasteiger partial charge in [0.05, 0.1) is 143 Å². The molecule has 0 aliphatic heterocycles. The molecule has 2 aromatic rings. The van der Waals surface area contributed by atoms with Crippen LogP contribution in [0.3, 0.4) is 0 Å². The molecule has 2 rings (SSSR count). The van der Waals surface area contributed by atoms with E-state index in [1.807, 2.05) is 0 Å². The summed E-state index contributed by atoms with van der Waals surface area (Å²) in [6, 6.07) is 3.38. The van der Waals surface area contributed by atoms with Crippen molar-refractivity contribution in [2.75, 3.05) is 132 Å². The number of phenols is 6. The van der Waals surface area contributed by atoms with Crippen molar-refractivity contribution in [3.63, 3.8) is 0 Å². The monoisotopic (exact) mass is 798 g/mol. The first-order valence-electron chi connectivity index (χ1n) is 16.8. The number of carboxylic acids is 2. The van der Waals surface area contributed by atoms with Crippen molar-refractivity contribution >= 4 is 11.9 Å². The number of aromatic carboxylic acids is 2. The van der Waals surface area contributed by atoms with E-state index >= 15 is 0 Å². The molecular formula is C34H54O21. The summed E-state index contributed by atoms with van der Waals surface area (Å²) in [5.74, 6) is -6.67. The number of phenolic OH excluding ortho intramolecular Hbond substituents is 6. The molecule has 316 valence electrons. The van der Waals surface area contributed by atoms with Crippen molar-refractivity contribution in [3.05, 3.63) is 35.4 Å². The second kappa shape index (κ2) is 34.2. The molecule has 0 radical (unpaired) electrons. The molecule has 0 atom stereocenters. The lowest BCUT2D eigenvalue weighted by molar-refractivity contribution is -0.0260. The summed E-state index contributed by atoms with van der Waals surface area (Å²) in [4.78, 5) is 20.6. The summed E-state index contributed by atoms with van der Waals surface area (Å²) in [6.45, 7) is 8.77. The van der Waals surface area contributed by atoms with Gasteiger partial charge in [0.25, 0.3) is 0 Å². The van der Waals surface area contributed by atoms with E-state index in [1.54, 1.807) is 0 Å². The topological polar surface area (TPSA) is 320 Å². The molecule has 21 nitrogen and oxygen atoms in total. The summed E-state index contributed by atoms with van der Waals surface area (Å²) in [5, 5.41) is 87.0. The lowest BCUT2D eigenvalue weighted by atomic mass is 10.2. The molecule has 55 heavy (non-hydrogen) atoms. The maximum Gasteiger partial charge on any atom is 0.335 e. The van der Waals surface area contributed by atoms with Gasteiger partial charge >= 0.3 is 11.9 Å². The highest BCUT2D eigenvalue weighted by Gasteiger charge is 2.12.